The molecule has 0 fully saturated rings. The maximum absolute atomic E-state index is 11.4. The molecule has 104 valence electrons. The number of rotatable bonds is 6. The monoisotopic (exact) mass is 264 g/mol. The van der Waals surface area contributed by atoms with Crippen molar-refractivity contribution >= 4 is 17.6 Å². The summed E-state index contributed by atoms with van der Waals surface area (Å²) in [7, 11) is 0. The number of hydrogen-bond donors (Lipinski definition) is 3. The van der Waals surface area contributed by atoms with Crippen LogP contribution in [0, 0.1) is 6.92 Å². The lowest BCUT2D eigenvalue weighted by atomic mass is 10.00. The van der Waals surface area contributed by atoms with Crippen LogP contribution in [-0.2, 0) is 0 Å². The molecule has 5 nitrogen and oxygen atoms in total. The molecule has 0 atom stereocenters. The van der Waals surface area contributed by atoms with Crippen LogP contribution in [0.3, 0.4) is 0 Å². The Morgan fingerprint density at radius 1 is 1.26 bits per heavy atom. The summed E-state index contributed by atoms with van der Waals surface area (Å²) >= 11 is 0. The van der Waals surface area contributed by atoms with Crippen LogP contribution in [-0.4, -0.2) is 23.0 Å². The highest BCUT2D eigenvalue weighted by molar-refractivity contribution is 6.00. The van der Waals surface area contributed by atoms with Crippen molar-refractivity contribution in [2.75, 3.05) is 5.32 Å². The van der Waals surface area contributed by atoms with Crippen molar-refractivity contribution in [1.29, 1.82) is 0 Å². The van der Waals surface area contributed by atoms with Crippen molar-refractivity contribution in [3.05, 3.63) is 28.8 Å². The number of benzene rings is 1. The lowest BCUT2D eigenvalue weighted by molar-refractivity contribution is 0.0696. The minimum absolute atomic E-state index is 0.102. The van der Waals surface area contributed by atoms with E-state index in [9.17, 15) is 9.59 Å². The number of carboxylic acid groups (broad SMARTS) is 1. The first kappa shape index (κ1) is 15.0. The maximum Gasteiger partial charge on any atom is 0.336 e. The minimum atomic E-state index is -1.06. The Morgan fingerprint density at radius 2 is 1.79 bits per heavy atom. The van der Waals surface area contributed by atoms with E-state index in [1.165, 1.54) is 0 Å². The molecule has 0 bridgehead atoms. The summed E-state index contributed by atoms with van der Waals surface area (Å²) in [4.78, 5) is 22.6. The van der Waals surface area contributed by atoms with Crippen LogP contribution < -0.4 is 11.1 Å². The Balaban J connectivity index is 3.26. The summed E-state index contributed by atoms with van der Waals surface area (Å²) in [6.45, 7) is 5.68. The van der Waals surface area contributed by atoms with Gasteiger partial charge in [-0.2, -0.15) is 0 Å². The fourth-order valence-corrected chi connectivity index (χ4v) is 2.00. The highest BCUT2D eigenvalue weighted by Gasteiger charge is 2.16. The summed E-state index contributed by atoms with van der Waals surface area (Å²) in [5.74, 6) is -1.68. The predicted octanol–water partition coefficient (Wildman–Crippen LogP) is 2.39. The third-order valence-electron chi connectivity index (χ3n) is 3.26. The number of carbonyl (C=O) groups excluding carboxylic acids is 1. The van der Waals surface area contributed by atoms with E-state index in [4.69, 9.17) is 10.8 Å². The van der Waals surface area contributed by atoms with E-state index in [-0.39, 0.29) is 17.2 Å². The number of nitrogens with two attached hydrogens (primary N) is 1. The second kappa shape index (κ2) is 6.22. The highest BCUT2D eigenvalue weighted by Crippen LogP contribution is 2.22. The summed E-state index contributed by atoms with van der Waals surface area (Å²) in [5, 5.41) is 12.4. The zero-order valence-electron chi connectivity index (χ0n) is 11.5. The predicted molar refractivity (Wildman–Crippen MR) is 74.6 cm³/mol. The molecule has 0 saturated heterocycles. The topological polar surface area (TPSA) is 92.4 Å². The molecular weight excluding hydrogens is 244 g/mol. The van der Waals surface area contributed by atoms with E-state index in [1.807, 2.05) is 13.8 Å². The van der Waals surface area contributed by atoms with Crippen molar-refractivity contribution in [3.8, 4) is 0 Å². The molecule has 0 aliphatic rings. The van der Waals surface area contributed by atoms with Crippen LogP contribution >= 0.6 is 0 Å². The number of amides is 1. The molecule has 19 heavy (non-hydrogen) atoms. The van der Waals surface area contributed by atoms with Gasteiger partial charge in [-0.15, -0.1) is 0 Å². The van der Waals surface area contributed by atoms with Gasteiger partial charge in [0.1, 0.15) is 0 Å². The number of aromatic carboxylic acids is 1. The molecule has 1 aromatic carbocycles. The molecule has 0 aromatic heterocycles. The Bertz CT molecular complexity index is 458. The number of carbonyl (C=O) groups is 2. The Morgan fingerprint density at radius 3 is 2.21 bits per heavy atom. The summed E-state index contributed by atoms with van der Waals surface area (Å²) in [6, 6.07) is 3.40. The first-order valence-electron chi connectivity index (χ1n) is 6.34. The van der Waals surface area contributed by atoms with Crippen molar-refractivity contribution in [3.63, 3.8) is 0 Å². The van der Waals surface area contributed by atoms with Crippen molar-refractivity contribution in [2.24, 2.45) is 5.73 Å². The van der Waals surface area contributed by atoms with E-state index >= 15 is 0 Å². The van der Waals surface area contributed by atoms with Gasteiger partial charge >= 0.3 is 5.97 Å². The molecule has 0 spiro atoms. The number of primary amides is 1. The molecule has 5 heteroatoms. The number of anilines is 1. The molecule has 0 saturated carbocycles. The van der Waals surface area contributed by atoms with Gasteiger partial charge in [0.2, 0.25) is 5.91 Å². The maximum atomic E-state index is 11.4. The molecule has 0 aliphatic heterocycles. The fourth-order valence-electron chi connectivity index (χ4n) is 2.00. The lowest BCUT2D eigenvalue weighted by Crippen LogP contribution is -2.20. The van der Waals surface area contributed by atoms with E-state index in [0.29, 0.717) is 11.3 Å². The standard InChI is InChI=1S/C14H20N2O3/c1-4-9(5-2)16-10-6-11(13(15)17)8(3)12(7-10)14(18)19/h6-7,9,16H,4-5H2,1-3H3,(H2,15,17)(H,18,19). The molecule has 0 aliphatic carbocycles. The first-order chi connectivity index (χ1) is 8.90. The smallest absolute Gasteiger partial charge is 0.336 e. The summed E-state index contributed by atoms with van der Waals surface area (Å²) < 4.78 is 0. The van der Waals surface area contributed by atoms with Gasteiger partial charge in [0.15, 0.2) is 0 Å². The lowest BCUT2D eigenvalue weighted by Gasteiger charge is -2.18. The molecule has 1 amide bonds. The van der Waals surface area contributed by atoms with Gasteiger partial charge in [-0.1, -0.05) is 13.8 Å². The average molecular weight is 264 g/mol. The van der Waals surface area contributed by atoms with Gasteiger partial charge in [0.05, 0.1) is 5.56 Å². The summed E-state index contributed by atoms with van der Waals surface area (Å²) in [6.07, 6.45) is 1.83. The van der Waals surface area contributed by atoms with Gasteiger partial charge in [-0.3, -0.25) is 4.79 Å². The van der Waals surface area contributed by atoms with Gasteiger partial charge in [0, 0.05) is 17.3 Å². The number of hydrogen-bond acceptors (Lipinski definition) is 3. The SMILES string of the molecule is CCC(CC)Nc1cc(C(N)=O)c(C)c(C(=O)O)c1. The molecule has 0 heterocycles. The average Bonchev–Trinajstić information content (AvgIpc) is 2.36. The molecule has 4 N–H and O–H groups in total. The Labute approximate surface area is 112 Å². The van der Waals surface area contributed by atoms with Crippen LogP contribution in [0.1, 0.15) is 53.0 Å². The molecular formula is C14H20N2O3. The van der Waals surface area contributed by atoms with Crippen molar-refractivity contribution in [2.45, 2.75) is 39.7 Å². The second-order valence-electron chi connectivity index (χ2n) is 4.52. The second-order valence-corrected chi connectivity index (χ2v) is 4.52. The highest BCUT2D eigenvalue weighted by atomic mass is 16.4. The van der Waals surface area contributed by atoms with Crippen LogP contribution in [0.15, 0.2) is 12.1 Å². The van der Waals surface area contributed by atoms with E-state index in [2.05, 4.69) is 5.32 Å². The summed E-state index contributed by atoms with van der Waals surface area (Å²) in [5.41, 5.74) is 6.65. The molecule has 0 radical (unpaired) electrons. The van der Waals surface area contributed by atoms with Crippen molar-refractivity contribution in [1.82, 2.24) is 0 Å². The Hall–Kier alpha value is -2.04. The van der Waals surface area contributed by atoms with Gasteiger partial charge < -0.3 is 16.2 Å². The fraction of sp³-hybridized carbons (Fsp3) is 0.429. The van der Waals surface area contributed by atoms with Gasteiger partial charge in [-0.25, -0.2) is 4.79 Å². The van der Waals surface area contributed by atoms with E-state index in [1.54, 1.807) is 19.1 Å². The van der Waals surface area contributed by atoms with E-state index in [0.717, 1.165) is 12.8 Å². The zero-order valence-corrected chi connectivity index (χ0v) is 11.5. The first-order valence-corrected chi connectivity index (χ1v) is 6.34. The third kappa shape index (κ3) is 3.47. The molecule has 1 rings (SSSR count). The molecule has 1 aromatic rings. The van der Waals surface area contributed by atoms with Gasteiger partial charge in [0.25, 0.3) is 0 Å². The quantitative estimate of drug-likeness (QED) is 0.735. The zero-order chi connectivity index (χ0) is 14.6. The minimum Gasteiger partial charge on any atom is -0.478 e. The normalized spacial score (nSPS) is 10.5. The van der Waals surface area contributed by atoms with Gasteiger partial charge in [-0.05, 0) is 37.5 Å². The van der Waals surface area contributed by atoms with Crippen molar-refractivity contribution < 1.29 is 14.7 Å². The van der Waals surface area contributed by atoms with E-state index < -0.39 is 11.9 Å². The van der Waals surface area contributed by atoms with Crippen LogP contribution in [0.2, 0.25) is 0 Å². The Kier molecular flexibility index (Phi) is 4.92. The number of carboxylic acids is 1. The van der Waals surface area contributed by atoms with Crippen LogP contribution in [0.5, 0.6) is 0 Å². The molecule has 0 unspecified atom stereocenters. The number of nitrogens with one attached hydrogen (secondary N) is 1. The van der Waals surface area contributed by atoms with Crippen LogP contribution in [0.25, 0.3) is 0 Å². The third-order valence-corrected chi connectivity index (χ3v) is 3.26. The largest absolute Gasteiger partial charge is 0.478 e. The van der Waals surface area contributed by atoms with Crippen LogP contribution in [0.4, 0.5) is 5.69 Å².